The molecule has 0 atom stereocenters. The summed E-state index contributed by atoms with van der Waals surface area (Å²) in [6.07, 6.45) is 1.31. The highest BCUT2D eigenvalue weighted by molar-refractivity contribution is 5.66. The zero-order valence-corrected chi connectivity index (χ0v) is 6.81. The van der Waals surface area contributed by atoms with Gasteiger partial charge in [-0.15, -0.1) is 0 Å². The summed E-state index contributed by atoms with van der Waals surface area (Å²) in [5.74, 6) is -0.314. The molecule has 0 aliphatic rings. The van der Waals surface area contributed by atoms with E-state index >= 15 is 0 Å². The Hall–Kier alpha value is -0.570. The lowest BCUT2D eigenvalue weighted by molar-refractivity contribution is -0.157. The van der Waals surface area contributed by atoms with Gasteiger partial charge in [0.15, 0.2) is 5.72 Å². The van der Waals surface area contributed by atoms with E-state index in [4.69, 9.17) is 10.5 Å². The Morgan fingerprint density at radius 3 is 2.00 bits per heavy atom. The largest absolute Gasteiger partial charge is 0.444 e. The first-order valence-corrected chi connectivity index (χ1v) is 3.52. The van der Waals surface area contributed by atoms with Crippen molar-refractivity contribution < 1.29 is 9.53 Å². The number of hydrogen-bond donors (Lipinski definition) is 1. The minimum Gasteiger partial charge on any atom is -0.444 e. The van der Waals surface area contributed by atoms with Crippen molar-refractivity contribution in [2.75, 3.05) is 0 Å². The van der Waals surface area contributed by atoms with Crippen LogP contribution in [0.25, 0.3) is 0 Å². The molecule has 2 N–H and O–H groups in total. The van der Waals surface area contributed by atoms with Crippen LogP contribution in [0, 0.1) is 0 Å². The summed E-state index contributed by atoms with van der Waals surface area (Å²) in [6.45, 7) is 5.16. The average molecular weight is 145 g/mol. The van der Waals surface area contributed by atoms with Gasteiger partial charge in [0.25, 0.3) is 0 Å². The summed E-state index contributed by atoms with van der Waals surface area (Å²) >= 11 is 0. The van der Waals surface area contributed by atoms with E-state index in [1.165, 1.54) is 6.92 Å². The van der Waals surface area contributed by atoms with Crippen LogP contribution in [0.2, 0.25) is 0 Å². The van der Waals surface area contributed by atoms with Crippen molar-refractivity contribution in [3.8, 4) is 0 Å². The molecule has 0 heterocycles. The number of carbonyl (C=O) groups is 1. The van der Waals surface area contributed by atoms with Crippen molar-refractivity contribution in [3.63, 3.8) is 0 Å². The first-order valence-electron chi connectivity index (χ1n) is 3.52. The van der Waals surface area contributed by atoms with Crippen LogP contribution in [0.1, 0.15) is 33.6 Å². The summed E-state index contributed by atoms with van der Waals surface area (Å²) in [7, 11) is 0. The molecule has 0 amide bonds. The van der Waals surface area contributed by atoms with Crippen molar-refractivity contribution in [2.45, 2.75) is 39.3 Å². The molecule has 0 aromatic heterocycles. The first kappa shape index (κ1) is 9.43. The molecule has 3 heteroatoms. The third kappa shape index (κ3) is 2.82. The molecular weight excluding hydrogens is 130 g/mol. The minimum absolute atomic E-state index is 0.314. The standard InChI is InChI=1S/C7H15NO2/c1-4-7(8,5-2)10-6(3)9/h4-5,8H2,1-3H3. The predicted octanol–water partition coefficient (Wildman–Crippen LogP) is 1.02. The van der Waals surface area contributed by atoms with Gasteiger partial charge in [-0.1, -0.05) is 13.8 Å². The van der Waals surface area contributed by atoms with E-state index in [9.17, 15) is 4.79 Å². The minimum atomic E-state index is -0.744. The number of hydrogen-bond acceptors (Lipinski definition) is 3. The van der Waals surface area contributed by atoms with Gasteiger partial charge >= 0.3 is 5.97 Å². The maximum atomic E-state index is 10.5. The second-order valence-electron chi connectivity index (χ2n) is 2.37. The fourth-order valence-electron chi connectivity index (χ4n) is 0.681. The van der Waals surface area contributed by atoms with Crippen LogP contribution in [0.3, 0.4) is 0 Å². The van der Waals surface area contributed by atoms with Gasteiger partial charge in [0.1, 0.15) is 0 Å². The summed E-state index contributed by atoms with van der Waals surface area (Å²) in [5.41, 5.74) is 4.91. The van der Waals surface area contributed by atoms with Crippen LogP contribution in [-0.2, 0) is 9.53 Å². The monoisotopic (exact) mass is 145 g/mol. The smallest absolute Gasteiger partial charge is 0.304 e. The van der Waals surface area contributed by atoms with E-state index in [-0.39, 0.29) is 5.97 Å². The van der Waals surface area contributed by atoms with E-state index in [1.807, 2.05) is 13.8 Å². The summed E-state index contributed by atoms with van der Waals surface area (Å²) < 4.78 is 4.88. The molecule has 0 bridgehead atoms. The molecule has 0 fully saturated rings. The molecule has 0 saturated heterocycles. The van der Waals surface area contributed by atoms with Gasteiger partial charge in [0.05, 0.1) is 0 Å². The Morgan fingerprint density at radius 1 is 1.50 bits per heavy atom. The normalized spacial score (nSPS) is 11.2. The molecule has 3 nitrogen and oxygen atoms in total. The molecule has 0 radical (unpaired) electrons. The topological polar surface area (TPSA) is 52.3 Å². The SMILES string of the molecule is CCC(N)(CC)OC(C)=O. The zero-order valence-electron chi connectivity index (χ0n) is 6.81. The van der Waals surface area contributed by atoms with Crippen molar-refractivity contribution in [3.05, 3.63) is 0 Å². The molecule has 0 aromatic rings. The molecule has 0 aromatic carbocycles. The lowest BCUT2D eigenvalue weighted by atomic mass is 10.1. The van der Waals surface area contributed by atoms with Crippen molar-refractivity contribution in [1.82, 2.24) is 0 Å². The number of rotatable bonds is 3. The van der Waals surface area contributed by atoms with E-state index in [2.05, 4.69) is 0 Å². The summed E-state index contributed by atoms with van der Waals surface area (Å²) in [4.78, 5) is 10.5. The van der Waals surface area contributed by atoms with Gasteiger partial charge in [0, 0.05) is 6.92 Å². The fourth-order valence-corrected chi connectivity index (χ4v) is 0.681. The Balaban J connectivity index is 3.92. The van der Waals surface area contributed by atoms with Gasteiger partial charge in [-0.2, -0.15) is 0 Å². The van der Waals surface area contributed by atoms with Crippen LogP contribution < -0.4 is 5.73 Å². The zero-order chi connectivity index (χ0) is 8.20. The van der Waals surface area contributed by atoms with Gasteiger partial charge in [-0.3, -0.25) is 10.5 Å². The second-order valence-corrected chi connectivity index (χ2v) is 2.37. The van der Waals surface area contributed by atoms with Crippen LogP contribution in [-0.4, -0.2) is 11.7 Å². The van der Waals surface area contributed by atoms with Crippen LogP contribution >= 0.6 is 0 Å². The predicted molar refractivity (Wildman–Crippen MR) is 39.3 cm³/mol. The van der Waals surface area contributed by atoms with Crippen molar-refractivity contribution in [1.29, 1.82) is 0 Å². The molecule has 60 valence electrons. The molecule has 10 heavy (non-hydrogen) atoms. The molecule has 0 spiro atoms. The maximum absolute atomic E-state index is 10.5. The highest BCUT2D eigenvalue weighted by Gasteiger charge is 2.22. The molecule has 0 saturated carbocycles. The highest BCUT2D eigenvalue weighted by atomic mass is 16.6. The van der Waals surface area contributed by atoms with Gasteiger partial charge in [-0.25, -0.2) is 0 Å². The Morgan fingerprint density at radius 2 is 1.90 bits per heavy atom. The summed E-state index contributed by atoms with van der Waals surface area (Å²) in [6, 6.07) is 0. The number of ether oxygens (including phenoxy) is 1. The molecule has 0 aliphatic heterocycles. The lowest BCUT2D eigenvalue weighted by Gasteiger charge is -2.25. The van der Waals surface area contributed by atoms with E-state index < -0.39 is 5.72 Å². The molecular formula is C7H15NO2. The van der Waals surface area contributed by atoms with Crippen molar-refractivity contribution in [2.24, 2.45) is 5.73 Å². The van der Waals surface area contributed by atoms with Gasteiger partial charge in [-0.05, 0) is 12.8 Å². The third-order valence-corrected chi connectivity index (χ3v) is 1.54. The van der Waals surface area contributed by atoms with Gasteiger partial charge < -0.3 is 4.74 Å². The molecule has 0 unspecified atom stereocenters. The van der Waals surface area contributed by atoms with E-state index in [1.54, 1.807) is 0 Å². The Labute approximate surface area is 61.5 Å². The molecule has 0 rings (SSSR count). The van der Waals surface area contributed by atoms with Crippen LogP contribution in [0.5, 0.6) is 0 Å². The number of esters is 1. The van der Waals surface area contributed by atoms with Gasteiger partial charge in [0.2, 0.25) is 0 Å². The third-order valence-electron chi connectivity index (χ3n) is 1.54. The van der Waals surface area contributed by atoms with Crippen LogP contribution in [0.4, 0.5) is 0 Å². The first-order chi connectivity index (χ1) is 4.54. The van der Waals surface area contributed by atoms with E-state index in [0.717, 1.165) is 0 Å². The molecule has 0 aliphatic carbocycles. The summed E-state index contributed by atoms with van der Waals surface area (Å²) in [5, 5.41) is 0. The number of nitrogens with two attached hydrogens (primary N) is 1. The Bertz CT molecular complexity index is 119. The lowest BCUT2D eigenvalue weighted by Crippen LogP contribution is -2.42. The average Bonchev–Trinajstić information content (AvgIpc) is 1.87. The maximum Gasteiger partial charge on any atom is 0.304 e. The number of carbonyl (C=O) groups excluding carboxylic acids is 1. The van der Waals surface area contributed by atoms with E-state index in [0.29, 0.717) is 12.8 Å². The van der Waals surface area contributed by atoms with Crippen molar-refractivity contribution >= 4 is 5.97 Å². The highest BCUT2D eigenvalue weighted by Crippen LogP contribution is 2.12. The fraction of sp³-hybridized carbons (Fsp3) is 0.857. The quantitative estimate of drug-likeness (QED) is 0.476. The second kappa shape index (κ2) is 3.56. The van der Waals surface area contributed by atoms with Crippen LogP contribution in [0.15, 0.2) is 0 Å². The Kier molecular flexibility index (Phi) is 3.36.